The minimum atomic E-state index is -0.856. The molecule has 0 aliphatic carbocycles. The van der Waals surface area contributed by atoms with E-state index in [1.807, 2.05) is 13.8 Å². The normalized spacial score (nSPS) is 11.7. The molecule has 19 heavy (non-hydrogen) atoms. The third-order valence-corrected chi connectivity index (χ3v) is 2.87. The molecule has 0 saturated heterocycles. The Bertz CT molecular complexity index is 314. The van der Waals surface area contributed by atoms with Crippen LogP contribution in [0.15, 0.2) is 0 Å². The van der Waals surface area contributed by atoms with Crippen molar-refractivity contribution in [1.29, 1.82) is 0 Å². The van der Waals surface area contributed by atoms with Crippen molar-refractivity contribution in [2.45, 2.75) is 52.5 Å². The van der Waals surface area contributed by atoms with E-state index in [9.17, 15) is 14.4 Å². The number of unbranched alkanes of at least 4 members (excludes halogenated alkanes) is 1. The van der Waals surface area contributed by atoms with Crippen molar-refractivity contribution in [3.8, 4) is 0 Å². The van der Waals surface area contributed by atoms with Crippen LogP contribution in [0.25, 0.3) is 0 Å². The summed E-state index contributed by atoms with van der Waals surface area (Å²) in [5.41, 5.74) is 0. The number of amides is 2. The standard InChI is InChI=1S/C13H24N2O4/c1-4-15(5-2)13(19)10(3)14-11(16)8-6-7-9-12(17)18/h10H,4-9H2,1-3H3,(H,14,16)(H,17,18). The van der Waals surface area contributed by atoms with Crippen LogP contribution >= 0.6 is 0 Å². The van der Waals surface area contributed by atoms with Crippen LogP contribution in [0.1, 0.15) is 46.5 Å². The van der Waals surface area contributed by atoms with E-state index >= 15 is 0 Å². The lowest BCUT2D eigenvalue weighted by atomic mass is 10.2. The number of nitrogens with zero attached hydrogens (tertiary/aromatic N) is 1. The second kappa shape index (κ2) is 9.35. The summed E-state index contributed by atoms with van der Waals surface area (Å²) in [6.45, 7) is 6.68. The zero-order valence-corrected chi connectivity index (χ0v) is 11.9. The fourth-order valence-corrected chi connectivity index (χ4v) is 1.75. The fraction of sp³-hybridized carbons (Fsp3) is 0.769. The molecule has 1 unspecified atom stereocenters. The van der Waals surface area contributed by atoms with Gasteiger partial charge in [-0.25, -0.2) is 0 Å². The highest BCUT2D eigenvalue weighted by Crippen LogP contribution is 2.01. The highest BCUT2D eigenvalue weighted by Gasteiger charge is 2.19. The Kier molecular flexibility index (Phi) is 8.57. The summed E-state index contributed by atoms with van der Waals surface area (Å²) in [7, 11) is 0. The topological polar surface area (TPSA) is 86.7 Å². The van der Waals surface area contributed by atoms with Crippen molar-refractivity contribution in [3.05, 3.63) is 0 Å². The van der Waals surface area contributed by atoms with Crippen molar-refractivity contribution in [2.24, 2.45) is 0 Å². The van der Waals surface area contributed by atoms with E-state index in [4.69, 9.17) is 5.11 Å². The molecule has 0 aliphatic rings. The monoisotopic (exact) mass is 272 g/mol. The van der Waals surface area contributed by atoms with E-state index in [1.165, 1.54) is 0 Å². The van der Waals surface area contributed by atoms with Crippen molar-refractivity contribution < 1.29 is 19.5 Å². The molecule has 0 aromatic carbocycles. The van der Waals surface area contributed by atoms with Crippen LogP contribution in [-0.4, -0.2) is 46.9 Å². The summed E-state index contributed by atoms with van der Waals surface area (Å²) in [6, 6.07) is -0.535. The molecule has 0 heterocycles. The van der Waals surface area contributed by atoms with Gasteiger partial charge < -0.3 is 15.3 Å². The lowest BCUT2D eigenvalue weighted by Crippen LogP contribution is -2.46. The number of carbonyl (C=O) groups excluding carboxylic acids is 2. The molecule has 0 spiro atoms. The average Bonchev–Trinajstić information content (AvgIpc) is 2.35. The van der Waals surface area contributed by atoms with Crippen LogP contribution in [0.2, 0.25) is 0 Å². The van der Waals surface area contributed by atoms with Crippen LogP contribution in [0.4, 0.5) is 0 Å². The van der Waals surface area contributed by atoms with E-state index in [2.05, 4.69) is 5.32 Å². The lowest BCUT2D eigenvalue weighted by Gasteiger charge is -2.23. The number of carboxylic acid groups (broad SMARTS) is 1. The predicted octanol–water partition coefficient (Wildman–Crippen LogP) is 1.00. The van der Waals surface area contributed by atoms with Crippen molar-refractivity contribution >= 4 is 17.8 Å². The molecule has 0 aromatic rings. The predicted molar refractivity (Wildman–Crippen MR) is 71.6 cm³/mol. The van der Waals surface area contributed by atoms with E-state index in [0.29, 0.717) is 25.9 Å². The summed E-state index contributed by atoms with van der Waals surface area (Å²) in [4.78, 5) is 35.4. The van der Waals surface area contributed by atoms with Gasteiger partial charge in [-0.15, -0.1) is 0 Å². The van der Waals surface area contributed by atoms with Gasteiger partial charge in [0, 0.05) is 25.9 Å². The number of carboxylic acids is 1. The minimum absolute atomic E-state index is 0.0706. The molecule has 0 bridgehead atoms. The Morgan fingerprint density at radius 3 is 2.11 bits per heavy atom. The largest absolute Gasteiger partial charge is 0.481 e. The highest BCUT2D eigenvalue weighted by molar-refractivity contribution is 5.87. The summed E-state index contributed by atoms with van der Waals surface area (Å²) in [5.74, 6) is -1.16. The quantitative estimate of drug-likeness (QED) is 0.613. The summed E-state index contributed by atoms with van der Waals surface area (Å²) < 4.78 is 0. The van der Waals surface area contributed by atoms with E-state index in [1.54, 1.807) is 11.8 Å². The van der Waals surface area contributed by atoms with Crippen LogP contribution in [0, 0.1) is 0 Å². The second-order valence-corrected chi connectivity index (χ2v) is 4.40. The first-order valence-electron chi connectivity index (χ1n) is 6.72. The van der Waals surface area contributed by atoms with Gasteiger partial charge in [0.2, 0.25) is 11.8 Å². The Hall–Kier alpha value is -1.59. The molecule has 6 heteroatoms. The van der Waals surface area contributed by atoms with Crippen LogP contribution < -0.4 is 5.32 Å². The Labute approximate surface area is 114 Å². The molecular weight excluding hydrogens is 248 g/mol. The number of hydrogen-bond donors (Lipinski definition) is 2. The zero-order chi connectivity index (χ0) is 14.8. The van der Waals surface area contributed by atoms with Gasteiger partial charge in [0.25, 0.3) is 0 Å². The number of likely N-dealkylation sites (N-methyl/N-ethyl adjacent to an activating group) is 1. The molecular formula is C13H24N2O4. The van der Waals surface area contributed by atoms with E-state index in [-0.39, 0.29) is 24.7 Å². The van der Waals surface area contributed by atoms with Crippen molar-refractivity contribution in [3.63, 3.8) is 0 Å². The Morgan fingerprint density at radius 1 is 1.11 bits per heavy atom. The first-order chi connectivity index (χ1) is 8.92. The minimum Gasteiger partial charge on any atom is -0.481 e. The first kappa shape index (κ1) is 17.4. The number of carbonyl (C=O) groups is 3. The Balaban J connectivity index is 3.98. The maximum absolute atomic E-state index is 11.9. The van der Waals surface area contributed by atoms with Crippen LogP contribution in [0.3, 0.4) is 0 Å². The van der Waals surface area contributed by atoms with E-state index < -0.39 is 12.0 Å². The van der Waals surface area contributed by atoms with E-state index in [0.717, 1.165) is 0 Å². The van der Waals surface area contributed by atoms with Crippen molar-refractivity contribution in [2.75, 3.05) is 13.1 Å². The third kappa shape index (κ3) is 7.43. The summed E-state index contributed by atoms with van der Waals surface area (Å²) in [6.07, 6.45) is 1.32. The first-order valence-corrected chi connectivity index (χ1v) is 6.72. The van der Waals surface area contributed by atoms with Crippen LogP contribution in [0.5, 0.6) is 0 Å². The molecule has 110 valence electrons. The highest BCUT2D eigenvalue weighted by atomic mass is 16.4. The molecule has 2 amide bonds. The van der Waals surface area contributed by atoms with Gasteiger partial charge >= 0.3 is 5.97 Å². The van der Waals surface area contributed by atoms with Gasteiger partial charge in [-0.1, -0.05) is 0 Å². The average molecular weight is 272 g/mol. The van der Waals surface area contributed by atoms with Gasteiger partial charge in [0.15, 0.2) is 0 Å². The molecule has 1 atom stereocenters. The molecule has 0 aromatic heterocycles. The Morgan fingerprint density at radius 2 is 1.63 bits per heavy atom. The smallest absolute Gasteiger partial charge is 0.303 e. The molecule has 0 rings (SSSR count). The van der Waals surface area contributed by atoms with Crippen molar-refractivity contribution in [1.82, 2.24) is 10.2 Å². The maximum Gasteiger partial charge on any atom is 0.303 e. The van der Waals surface area contributed by atoms with Crippen LogP contribution in [-0.2, 0) is 14.4 Å². The van der Waals surface area contributed by atoms with Gasteiger partial charge in [0.1, 0.15) is 6.04 Å². The SMILES string of the molecule is CCN(CC)C(=O)C(C)NC(=O)CCCCC(=O)O. The molecule has 0 radical (unpaired) electrons. The zero-order valence-electron chi connectivity index (χ0n) is 11.9. The maximum atomic E-state index is 11.9. The number of nitrogens with one attached hydrogen (secondary N) is 1. The number of hydrogen-bond acceptors (Lipinski definition) is 3. The van der Waals surface area contributed by atoms with Gasteiger partial charge in [0.05, 0.1) is 0 Å². The van der Waals surface area contributed by atoms with Gasteiger partial charge in [-0.2, -0.15) is 0 Å². The summed E-state index contributed by atoms with van der Waals surface area (Å²) in [5, 5.41) is 11.1. The van der Waals surface area contributed by atoms with Gasteiger partial charge in [-0.3, -0.25) is 14.4 Å². The molecule has 0 fully saturated rings. The molecule has 2 N–H and O–H groups in total. The fourth-order valence-electron chi connectivity index (χ4n) is 1.75. The lowest BCUT2D eigenvalue weighted by molar-refractivity contribution is -0.137. The third-order valence-electron chi connectivity index (χ3n) is 2.87. The summed E-state index contributed by atoms with van der Waals surface area (Å²) >= 11 is 0. The molecule has 0 saturated carbocycles. The molecule has 0 aliphatic heterocycles. The second-order valence-electron chi connectivity index (χ2n) is 4.40. The number of rotatable bonds is 9. The van der Waals surface area contributed by atoms with Gasteiger partial charge in [-0.05, 0) is 33.6 Å². The molecule has 6 nitrogen and oxygen atoms in total. The number of aliphatic carboxylic acids is 1.